The first-order valence-corrected chi connectivity index (χ1v) is 12.3. The van der Waals surface area contributed by atoms with E-state index in [-0.39, 0.29) is 5.92 Å². The van der Waals surface area contributed by atoms with E-state index in [4.69, 9.17) is 4.74 Å². The fourth-order valence-corrected chi connectivity index (χ4v) is 5.60. The number of halogens is 1. The molecule has 0 aromatic heterocycles. The van der Waals surface area contributed by atoms with Gasteiger partial charge < -0.3 is 10.1 Å². The Hall–Kier alpha value is -1.87. The highest BCUT2D eigenvalue weighted by Crippen LogP contribution is 2.43. The summed E-state index contributed by atoms with van der Waals surface area (Å²) in [4.78, 5) is 0. The number of hydrogen-bond acceptors (Lipinski definition) is 2. The standard InChI is InChI=1S/C28H38FNO/c1-22-20-30-18-17-28(22,29)16-15-27(24-11-6-3-7-12-24)25-13-8-14-26(19-25)31-21-23-9-4-2-5-10-23/h2,4-5,8-10,13-14,19,22,24,27,30H,3,6-7,11-12,15-18,20-21H2,1H3. The first-order chi connectivity index (χ1) is 15.1. The van der Waals surface area contributed by atoms with Crippen LogP contribution in [0.25, 0.3) is 0 Å². The zero-order valence-electron chi connectivity index (χ0n) is 19.0. The number of hydrogen-bond donors (Lipinski definition) is 1. The van der Waals surface area contributed by atoms with Crippen LogP contribution >= 0.6 is 0 Å². The van der Waals surface area contributed by atoms with Gasteiger partial charge in [0.1, 0.15) is 18.0 Å². The smallest absolute Gasteiger partial charge is 0.120 e. The van der Waals surface area contributed by atoms with Gasteiger partial charge in [-0.2, -0.15) is 0 Å². The average molecular weight is 424 g/mol. The summed E-state index contributed by atoms with van der Waals surface area (Å²) in [6, 6.07) is 18.9. The molecule has 3 unspecified atom stereocenters. The summed E-state index contributed by atoms with van der Waals surface area (Å²) in [5, 5.41) is 3.35. The van der Waals surface area contributed by atoms with Crippen LogP contribution in [-0.2, 0) is 6.61 Å². The zero-order valence-corrected chi connectivity index (χ0v) is 19.0. The third-order valence-corrected chi connectivity index (χ3v) is 7.68. The predicted octanol–water partition coefficient (Wildman–Crippen LogP) is 7.05. The van der Waals surface area contributed by atoms with E-state index < -0.39 is 5.67 Å². The maximum absolute atomic E-state index is 15.7. The lowest BCUT2D eigenvalue weighted by molar-refractivity contribution is 0.0420. The second kappa shape index (κ2) is 10.6. The highest BCUT2D eigenvalue weighted by Gasteiger charge is 2.39. The van der Waals surface area contributed by atoms with Crippen molar-refractivity contribution in [3.05, 3.63) is 65.7 Å². The van der Waals surface area contributed by atoms with E-state index in [1.54, 1.807) is 0 Å². The fourth-order valence-electron chi connectivity index (χ4n) is 5.60. The highest BCUT2D eigenvalue weighted by atomic mass is 19.1. The summed E-state index contributed by atoms with van der Waals surface area (Å²) in [6.07, 6.45) is 8.77. The van der Waals surface area contributed by atoms with Crippen molar-refractivity contribution in [3.63, 3.8) is 0 Å². The lowest BCUT2D eigenvalue weighted by Gasteiger charge is -2.38. The maximum Gasteiger partial charge on any atom is 0.120 e. The Morgan fingerprint density at radius 3 is 2.65 bits per heavy atom. The molecule has 0 bridgehead atoms. The second-order valence-corrected chi connectivity index (χ2v) is 9.78. The Morgan fingerprint density at radius 1 is 1.06 bits per heavy atom. The largest absolute Gasteiger partial charge is 0.489 e. The molecule has 3 heteroatoms. The molecule has 1 aliphatic carbocycles. The van der Waals surface area contributed by atoms with Crippen molar-refractivity contribution in [3.8, 4) is 5.75 Å². The third kappa shape index (κ3) is 5.88. The van der Waals surface area contributed by atoms with Crippen molar-refractivity contribution in [2.24, 2.45) is 11.8 Å². The summed E-state index contributed by atoms with van der Waals surface area (Å²) in [6.45, 7) is 4.25. The summed E-state index contributed by atoms with van der Waals surface area (Å²) >= 11 is 0. The van der Waals surface area contributed by atoms with Gasteiger partial charge in [-0.3, -0.25) is 0 Å². The minimum atomic E-state index is -1.03. The monoisotopic (exact) mass is 423 g/mol. The Labute approximate surface area is 187 Å². The molecule has 1 saturated heterocycles. The van der Waals surface area contributed by atoms with Crippen LogP contribution in [0.5, 0.6) is 5.75 Å². The van der Waals surface area contributed by atoms with E-state index in [1.807, 2.05) is 18.2 Å². The van der Waals surface area contributed by atoms with E-state index in [9.17, 15) is 0 Å². The number of ether oxygens (including phenoxy) is 1. The summed E-state index contributed by atoms with van der Waals surface area (Å²) in [5.74, 6) is 2.11. The van der Waals surface area contributed by atoms with Crippen LogP contribution in [0.3, 0.4) is 0 Å². The van der Waals surface area contributed by atoms with Gasteiger partial charge in [0.15, 0.2) is 0 Å². The molecule has 0 radical (unpaired) electrons. The molecule has 1 saturated carbocycles. The van der Waals surface area contributed by atoms with E-state index in [1.165, 1.54) is 43.2 Å². The predicted molar refractivity (Wildman–Crippen MR) is 126 cm³/mol. The molecule has 3 atom stereocenters. The Bertz CT molecular complexity index is 804. The van der Waals surface area contributed by atoms with E-state index in [2.05, 4.69) is 48.6 Å². The van der Waals surface area contributed by atoms with Gasteiger partial charge in [-0.25, -0.2) is 4.39 Å². The zero-order chi connectivity index (χ0) is 21.5. The first kappa shape index (κ1) is 22.3. The Balaban J connectivity index is 1.48. The third-order valence-electron chi connectivity index (χ3n) is 7.68. The van der Waals surface area contributed by atoms with Gasteiger partial charge in [0.05, 0.1) is 0 Å². The van der Waals surface area contributed by atoms with Gasteiger partial charge in [0.2, 0.25) is 0 Å². The lowest BCUT2D eigenvalue weighted by atomic mass is 9.72. The molecule has 2 aromatic rings. The van der Waals surface area contributed by atoms with Gasteiger partial charge in [0.25, 0.3) is 0 Å². The molecule has 0 spiro atoms. The molecule has 2 aliphatic rings. The molecule has 1 aliphatic heterocycles. The van der Waals surface area contributed by atoms with Crippen molar-refractivity contribution in [2.75, 3.05) is 13.1 Å². The van der Waals surface area contributed by atoms with Crippen molar-refractivity contribution in [2.45, 2.75) is 76.5 Å². The first-order valence-electron chi connectivity index (χ1n) is 12.3. The molecule has 2 nitrogen and oxygen atoms in total. The van der Waals surface area contributed by atoms with Gasteiger partial charge in [-0.15, -0.1) is 0 Å². The van der Waals surface area contributed by atoms with Gasteiger partial charge in [0, 0.05) is 12.5 Å². The topological polar surface area (TPSA) is 21.3 Å². The van der Waals surface area contributed by atoms with Crippen molar-refractivity contribution >= 4 is 0 Å². The molecular formula is C28H38FNO. The van der Waals surface area contributed by atoms with Crippen molar-refractivity contribution in [1.82, 2.24) is 5.32 Å². The number of piperidine rings is 1. The summed E-state index contributed by atoms with van der Waals surface area (Å²) in [5.41, 5.74) is 1.48. The molecule has 0 amide bonds. The Morgan fingerprint density at radius 2 is 1.87 bits per heavy atom. The quantitative estimate of drug-likeness (QED) is 0.491. The van der Waals surface area contributed by atoms with E-state index in [0.29, 0.717) is 31.3 Å². The molecule has 2 fully saturated rings. The van der Waals surface area contributed by atoms with E-state index >= 15 is 4.39 Å². The molecule has 4 rings (SSSR count). The normalized spacial score (nSPS) is 25.8. The van der Waals surface area contributed by atoms with Crippen LogP contribution in [0, 0.1) is 11.8 Å². The summed E-state index contributed by atoms with van der Waals surface area (Å²) < 4.78 is 21.9. The number of benzene rings is 2. The summed E-state index contributed by atoms with van der Waals surface area (Å²) in [7, 11) is 0. The molecule has 31 heavy (non-hydrogen) atoms. The van der Waals surface area contributed by atoms with Crippen LogP contribution in [0.15, 0.2) is 54.6 Å². The van der Waals surface area contributed by atoms with Crippen LogP contribution < -0.4 is 10.1 Å². The number of alkyl halides is 1. The highest BCUT2D eigenvalue weighted by molar-refractivity contribution is 5.32. The van der Waals surface area contributed by atoms with Crippen LogP contribution in [-0.4, -0.2) is 18.8 Å². The van der Waals surface area contributed by atoms with E-state index in [0.717, 1.165) is 25.3 Å². The van der Waals surface area contributed by atoms with Crippen LogP contribution in [0.1, 0.15) is 75.3 Å². The van der Waals surface area contributed by atoms with Crippen molar-refractivity contribution < 1.29 is 9.13 Å². The molecule has 168 valence electrons. The Kier molecular flexibility index (Phi) is 7.66. The maximum atomic E-state index is 15.7. The number of nitrogens with one attached hydrogen (secondary N) is 1. The minimum Gasteiger partial charge on any atom is -0.489 e. The SMILES string of the molecule is CC1CNCCC1(F)CCC(c1cccc(OCc2ccccc2)c1)C1CCCCC1. The molecule has 2 aromatic carbocycles. The minimum absolute atomic E-state index is 0.0915. The molecule has 1 heterocycles. The average Bonchev–Trinajstić information content (AvgIpc) is 2.82. The van der Waals surface area contributed by atoms with Crippen molar-refractivity contribution in [1.29, 1.82) is 0 Å². The number of rotatable bonds is 8. The van der Waals surface area contributed by atoms with Crippen LogP contribution in [0.2, 0.25) is 0 Å². The van der Waals surface area contributed by atoms with Crippen LogP contribution in [0.4, 0.5) is 4.39 Å². The van der Waals surface area contributed by atoms with Gasteiger partial charge >= 0.3 is 0 Å². The molecular weight excluding hydrogens is 385 g/mol. The molecule has 1 N–H and O–H groups in total. The second-order valence-electron chi connectivity index (χ2n) is 9.78. The van der Waals surface area contributed by atoms with Gasteiger partial charge in [-0.1, -0.05) is 68.7 Å². The lowest BCUT2D eigenvalue weighted by Crippen LogP contribution is -2.46. The fraction of sp³-hybridized carbons (Fsp3) is 0.571. The van der Waals surface area contributed by atoms with Gasteiger partial charge in [-0.05, 0) is 73.7 Å².